The van der Waals surface area contributed by atoms with Crippen molar-refractivity contribution >= 4 is 35.8 Å². The average Bonchev–Trinajstić information content (AvgIpc) is 2.62. The van der Waals surface area contributed by atoms with Crippen molar-refractivity contribution in [1.82, 2.24) is 15.5 Å². The Morgan fingerprint density at radius 1 is 1.15 bits per heavy atom. The molecule has 0 saturated carbocycles. The smallest absolute Gasteiger partial charge is 0.225 e. The van der Waals surface area contributed by atoms with Crippen LogP contribution < -0.4 is 15.4 Å². The summed E-state index contributed by atoms with van der Waals surface area (Å²) < 4.78 is 6.04. The molecule has 0 unspecified atom stereocenters. The third-order valence-electron chi connectivity index (χ3n) is 4.37. The maximum absolute atomic E-state index is 11.9. The molecule has 2 rings (SSSR count). The summed E-state index contributed by atoms with van der Waals surface area (Å²) in [7, 11) is 1.79. The first-order valence-corrected chi connectivity index (χ1v) is 9.36. The van der Waals surface area contributed by atoms with E-state index in [1.165, 1.54) is 0 Å². The Balaban J connectivity index is 0.00000364. The molecule has 0 aromatic heterocycles. The molecule has 152 valence electrons. The van der Waals surface area contributed by atoms with Gasteiger partial charge in [-0.05, 0) is 12.1 Å². The molecule has 1 fully saturated rings. The van der Waals surface area contributed by atoms with Crippen molar-refractivity contribution < 1.29 is 9.53 Å². The minimum absolute atomic E-state index is 0. The van der Waals surface area contributed by atoms with E-state index >= 15 is 0 Å². The van der Waals surface area contributed by atoms with E-state index in [4.69, 9.17) is 4.74 Å². The second-order valence-electron chi connectivity index (χ2n) is 7.60. The summed E-state index contributed by atoms with van der Waals surface area (Å²) in [5.74, 6) is 1.88. The van der Waals surface area contributed by atoms with E-state index in [0.29, 0.717) is 13.1 Å². The normalized spacial score (nSPS) is 15.7. The fourth-order valence-electron chi connectivity index (χ4n) is 2.82. The molecule has 0 atom stereocenters. The van der Waals surface area contributed by atoms with Crippen LogP contribution in [0, 0.1) is 5.41 Å². The number of para-hydroxylation sites is 1. The summed E-state index contributed by atoms with van der Waals surface area (Å²) in [6.45, 7) is 8.80. The van der Waals surface area contributed by atoms with Crippen molar-refractivity contribution in [3.63, 3.8) is 0 Å². The van der Waals surface area contributed by atoms with Crippen molar-refractivity contribution in [2.24, 2.45) is 10.4 Å². The van der Waals surface area contributed by atoms with Gasteiger partial charge in [0.2, 0.25) is 5.91 Å². The number of nitrogens with one attached hydrogen (secondary N) is 2. The molecule has 1 aromatic rings. The number of amides is 1. The van der Waals surface area contributed by atoms with Crippen LogP contribution in [-0.2, 0) is 4.79 Å². The number of aliphatic imine (C=N–C) groups is 1. The Kier molecular flexibility index (Phi) is 9.90. The molecule has 1 heterocycles. The van der Waals surface area contributed by atoms with Gasteiger partial charge in [-0.2, -0.15) is 0 Å². The van der Waals surface area contributed by atoms with E-state index in [-0.39, 0.29) is 41.4 Å². The number of carbonyl (C=O) groups is 1. The first-order valence-electron chi connectivity index (χ1n) is 9.36. The van der Waals surface area contributed by atoms with Crippen molar-refractivity contribution in [2.75, 3.05) is 33.2 Å². The number of carbonyl (C=O) groups excluding carboxylic acids is 1. The largest absolute Gasteiger partial charge is 0.490 e. The molecule has 0 radical (unpaired) electrons. The number of ether oxygens (including phenoxy) is 1. The fourth-order valence-corrected chi connectivity index (χ4v) is 2.82. The first kappa shape index (κ1) is 23.5. The number of hydrogen-bond acceptors (Lipinski definition) is 3. The molecule has 7 heteroatoms. The third-order valence-corrected chi connectivity index (χ3v) is 4.37. The summed E-state index contributed by atoms with van der Waals surface area (Å²) in [5, 5.41) is 6.28. The lowest BCUT2D eigenvalue weighted by Crippen LogP contribution is -2.49. The lowest BCUT2D eigenvalue weighted by atomic mass is 9.96. The van der Waals surface area contributed by atoms with Gasteiger partial charge in [-0.1, -0.05) is 39.0 Å². The van der Waals surface area contributed by atoms with E-state index in [9.17, 15) is 4.79 Å². The summed E-state index contributed by atoms with van der Waals surface area (Å²) in [5.41, 5.74) is -0.359. The van der Waals surface area contributed by atoms with Gasteiger partial charge in [-0.3, -0.25) is 9.79 Å². The molecule has 1 aliphatic rings. The number of hydrogen-bond donors (Lipinski definition) is 2. The monoisotopic (exact) mass is 488 g/mol. The van der Waals surface area contributed by atoms with Crippen molar-refractivity contribution in [1.29, 1.82) is 0 Å². The number of rotatable bonds is 5. The SMILES string of the molecule is CN=C(NCCNC(=O)C(C)(C)C)N1CCC(Oc2ccccc2)CC1.I. The maximum atomic E-state index is 11.9. The number of likely N-dealkylation sites (tertiary alicyclic amines) is 1. The molecule has 1 aromatic carbocycles. The number of halogens is 1. The van der Waals surface area contributed by atoms with E-state index in [1.807, 2.05) is 51.1 Å². The zero-order chi connectivity index (χ0) is 19.0. The van der Waals surface area contributed by atoms with Gasteiger partial charge in [0, 0.05) is 51.5 Å². The predicted molar refractivity (Wildman–Crippen MR) is 121 cm³/mol. The second kappa shape index (κ2) is 11.4. The minimum Gasteiger partial charge on any atom is -0.490 e. The zero-order valence-electron chi connectivity index (χ0n) is 16.8. The molecule has 27 heavy (non-hydrogen) atoms. The average molecular weight is 488 g/mol. The highest BCUT2D eigenvalue weighted by Crippen LogP contribution is 2.18. The zero-order valence-corrected chi connectivity index (χ0v) is 19.2. The van der Waals surface area contributed by atoms with Crippen LogP contribution in [-0.4, -0.2) is 56.1 Å². The summed E-state index contributed by atoms with van der Waals surface area (Å²) in [6.07, 6.45) is 2.19. The Bertz CT molecular complexity index is 594. The second-order valence-corrected chi connectivity index (χ2v) is 7.60. The summed E-state index contributed by atoms with van der Waals surface area (Å²) >= 11 is 0. The van der Waals surface area contributed by atoms with E-state index in [0.717, 1.165) is 37.6 Å². The standard InChI is InChI=1S/C20H32N4O2.HI/c1-20(2,3)18(25)22-12-13-23-19(21-4)24-14-10-17(11-15-24)26-16-8-6-5-7-9-16;/h5-9,17H,10-15H2,1-4H3,(H,21,23)(H,22,25);1H. The molecule has 0 aliphatic carbocycles. The van der Waals surface area contributed by atoms with Crippen LogP contribution in [0.5, 0.6) is 5.75 Å². The van der Waals surface area contributed by atoms with Crippen LogP contribution in [0.2, 0.25) is 0 Å². The van der Waals surface area contributed by atoms with Crippen LogP contribution >= 0.6 is 24.0 Å². The fraction of sp³-hybridized carbons (Fsp3) is 0.600. The molecule has 1 saturated heterocycles. The highest BCUT2D eigenvalue weighted by molar-refractivity contribution is 14.0. The predicted octanol–water partition coefficient (Wildman–Crippen LogP) is 2.89. The molecule has 2 N–H and O–H groups in total. The number of nitrogens with zero attached hydrogens (tertiary/aromatic N) is 2. The van der Waals surface area contributed by atoms with Crippen LogP contribution in [0.3, 0.4) is 0 Å². The van der Waals surface area contributed by atoms with Gasteiger partial charge < -0.3 is 20.3 Å². The Morgan fingerprint density at radius 2 is 1.74 bits per heavy atom. The van der Waals surface area contributed by atoms with Gasteiger partial charge in [-0.15, -0.1) is 24.0 Å². The number of piperidine rings is 1. The summed E-state index contributed by atoms with van der Waals surface area (Å²) in [4.78, 5) is 18.5. The van der Waals surface area contributed by atoms with Crippen molar-refractivity contribution in [3.05, 3.63) is 30.3 Å². The molecule has 0 spiro atoms. The van der Waals surface area contributed by atoms with Gasteiger partial charge in [0.1, 0.15) is 11.9 Å². The van der Waals surface area contributed by atoms with Gasteiger partial charge >= 0.3 is 0 Å². The quantitative estimate of drug-likeness (QED) is 0.290. The lowest BCUT2D eigenvalue weighted by Gasteiger charge is -2.34. The third kappa shape index (κ3) is 7.94. The maximum Gasteiger partial charge on any atom is 0.225 e. The van der Waals surface area contributed by atoms with Crippen LogP contribution in [0.4, 0.5) is 0 Å². The molecule has 0 bridgehead atoms. The number of guanidine groups is 1. The first-order chi connectivity index (χ1) is 12.4. The van der Waals surface area contributed by atoms with Crippen molar-refractivity contribution in [3.8, 4) is 5.75 Å². The molecular formula is C20H33IN4O2. The Hall–Kier alpha value is -1.51. The van der Waals surface area contributed by atoms with Gasteiger partial charge in [-0.25, -0.2) is 0 Å². The van der Waals surface area contributed by atoms with Crippen LogP contribution in [0.1, 0.15) is 33.6 Å². The van der Waals surface area contributed by atoms with Crippen LogP contribution in [0.25, 0.3) is 0 Å². The highest BCUT2D eigenvalue weighted by Gasteiger charge is 2.23. The van der Waals surface area contributed by atoms with E-state index in [1.54, 1.807) is 7.05 Å². The molecule has 1 amide bonds. The van der Waals surface area contributed by atoms with Gasteiger partial charge in [0.05, 0.1) is 0 Å². The van der Waals surface area contributed by atoms with Gasteiger partial charge in [0.15, 0.2) is 5.96 Å². The lowest BCUT2D eigenvalue weighted by molar-refractivity contribution is -0.128. The Morgan fingerprint density at radius 3 is 2.30 bits per heavy atom. The molecular weight excluding hydrogens is 455 g/mol. The van der Waals surface area contributed by atoms with E-state index in [2.05, 4.69) is 20.5 Å². The summed E-state index contributed by atoms with van der Waals surface area (Å²) in [6, 6.07) is 9.98. The topological polar surface area (TPSA) is 66.0 Å². The molecule has 6 nitrogen and oxygen atoms in total. The highest BCUT2D eigenvalue weighted by atomic mass is 127. The van der Waals surface area contributed by atoms with Crippen LogP contribution in [0.15, 0.2) is 35.3 Å². The Labute approximate surface area is 180 Å². The minimum atomic E-state index is -0.359. The van der Waals surface area contributed by atoms with Gasteiger partial charge in [0.25, 0.3) is 0 Å². The van der Waals surface area contributed by atoms with E-state index < -0.39 is 0 Å². The molecule has 1 aliphatic heterocycles. The van der Waals surface area contributed by atoms with Crippen molar-refractivity contribution in [2.45, 2.75) is 39.7 Å². The number of benzene rings is 1.